The first-order chi connectivity index (χ1) is 9.63. The molecular weight excluding hydrogens is 258 g/mol. The van der Waals surface area contributed by atoms with Gasteiger partial charge in [-0.05, 0) is 37.5 Å². The summed E-state index contributed by atoms with van der Waals surface area (Å²) in [6.45, 7) is 0.723. The summed E-state index contributed by atoms with van der Waals surface area (Å²) >= 11 is 0. The topological polar surface area (TPSA) is 86.6 Å². The lowest BCUT2D eigenvalue weighted by Crippen LogP contribution is -2.41. The third kappa shape index (κ3) is 3.39. The Hall–Kier alpha value is -1.36. The Morgan fingerprint density at radius 1 is 1.10 bits per heavy atom. The molecule has 2 unspecified atom stereocenters. The van der Waals surface area contributed by atoms with Crippen molar-refractivity contribution in [2.75, 3.05) is 13.2 Å². The molecule has 0 saturated heterocycles. The summed E-state index contributed by atoms with van der Waals surface area (Å²) in [5.74, 6) is -1.54. The molecule has 0 aromatic rings. The number of rotatable bonds is 5. The molecule has 0 aliphatic heterocycles. The fourth-order valence-electron chi connectivity index (χ4n) is 3.36. The maximum absolute atomic E-state index is 12.2. The zero-order valence-electron chi connectivity index (χ0n) is 11.6. The minimum atomic E-state index is -0.899. The summed E-state index contributed by atoms with van der Waals surface area (Å²) in [5.41, 5.74) is 0. The molecule has 0 aromatic heterocycles. The molecule has 3 N–H and O–H groups in total. The molecule has 1 saturated carbocycles. The minimum absolute atomic E-state index is 0.162. The Balaban J connectivity index is 1.87. The van der Waals surface area contributed by atoms with Gasteiger partial charge in [0.1, 0.15) is 0 Å². The van der Waals surface area contributed by atoms with E-state index in [1.54, 1.807) is 0 Å². The van der Waals surface area contributed by atoms with Crippen molar-refractivity contribution in [2.24, 2.45) is 23.7 Å². The molecule has 0 bridgehead atoms. The van der Waals surface area contributed by atoms with E-state index in [4.69, 9.17) is 0 Å². The minimum Gasteiger partial charge on any atom is -0.481 e. The van der Waals surface area contributed by atoms with E-state index in [9.17, 15) is 19.8 Å². The Kier molecular flexibility index (Phi) is 5.17. The summed E-state index contributed by atoms with van der Waals surface area (Å²) < 4.78 is 0. The fraction of sp³-hybridized carbons (Fsp3) is 0.733. The van der Waals surface area contributed by atoms with Crippen molar-refractivity contribution >= 4 is 11.9 Å². The molecule has 2 aliphatic carbocycles. The Labute approximate surface area is 119 Å². The van der Waals surface area contributed by atoms with E-state index in [2.05, 4.69) is 5.32 Å². The van der Waals surface area contributed by atoms with Crippen molar-refractivity contribution in [3.63, 3.8) is 0 Å². The lowest BCUT2D eigenvalue weighted by molar-refractivity contribution is -0.147. The van der Waals surface area contributed by atoms with Crippen LogP contribution in [0.25, 0.3) is 0 Å². The molecule has 4 atom stereocenters. The molecule has 20 heavy (non-hydrogen) atoms. The number of aliphatic hydroxyl groups is 1. The average molecular weight is 281 g/mol. The van der Waals surface area contributed by atoms with Crippen LogP contribution in [0.15, 0.2) is 12.2 Å². The number of hydrogen-bond donors (Lipinski definition) is 3. The van der Waals surface area contributed by atoms with Crippen LogP contribution in [0.4, 0.5) is 0 Å². The smallest absolute Gasteiger partial charge is 0.307 e. The van der Waals surface area contributed by atoms with Gasteiger partial charge in [0.2, 0.25) is 5.91 Å². The van der Waals surface area contributed by atoms with E-state index in [-0.39, 0.29) is 18.4 Å². The first-order valence-electron chi connectivity index (χ1n) is 7.39. The third-order valence-electron chi connectivity index (χ3n) is 4.68. The van der Waals surface area contributed by atoms with Crippen LogP contribution in [0.3, 0.4) is 0 Å². The first-order valence-corrected chi connectivity index (χ1v) is 7.39. The van der Waals surface area contributed by atoms with E-state index >= 15 is 0 Å². The van der Waals surface area contributed by atoms with Crippen LogP contribution in [0.5, 0.6) is 0 Å². The van der Waals surface area contributed by atoms with Gasteiger partial charge >= 0.3 is 5.97 Å². The Bertz CT molecular complexity index is 393. The van der Waals surface area contributed by atoms with E-state index in [0.717, 1.165) is 19.3 Å². The van der Waals surface area contributed by atoms with Gasteiger partial charge in [0.15, 0.2) is 0 Å². The number of allylic oxidation sites excluding steroid dienone is 2. The van der Waals surface area contributed by atoms with Crippen LogP contribution >= 0.6 is 0 Å². The lowest BCUT2D eigenvalue weighted by atomic mass is 9.82. The zero-order chi connectivity index (χ0) is 14.5. The lowest BCUT2D eigenvalue weighted by Gasteiger charge is -2.25. The van der Waals surface area contributed by atoms with Crippen molar-refractivity contribution in [1.82, 2.24) is 5.32 Å². The van der Waals surface area contributed by atoms with Crippen molar-refractivity contribution in [3.05, 3.63) is 12.2 Å². The molecule has 1 amide bonds. The van der Waals surface area contributed by atoms with Crippen LogP contribution in [0.1, 0.15) is 32.1 Å². The van der Waals surface area contributed by atoms with Gasteiger partial charge in [-0.15, -0.1) is 0 Å². The first kappa shape index (κ1) is 15.0. The summed E-state index contributed by atoms with van der Waals surface area (Å²) in [6, 6.07) is 0. The summed E-state index contributed by atoms with van der Waals surface area (Å²) in [6.07, 6.45) is 7.78. The number of carbonyl (C=O) groups excluding carboxylic acids is 1. The van der Waals surface area contributed by atoms with Gasteiger partial charge in [-0.1, -0.05) is 18.6 Å². The largest absolute Gasteiger partial charge is 0.481 e. The molecule has 0 aromatic carbocycles. The monoisotopic (exact) mass is 281 g/mol. The van der Waals surface area contributed by atoms with Crippen LogP contribution in [0.2, 0.25) is 0 Å². The molecule has 5 nitrogen and oxygen atoms in total. The van der Waals surface area contributed by atoms with Crippen molar-refractivity contribution in [1.29, 1.82) is 0 Å². The summed E-state index contributed by atoms with van der Waals surface area (Å²) in [4.78, 5) is 23.4. The number of carbonyl (C=O) groups is 2. The molecule has 0 spiro atoms. The third-order valence-corrected chi connectivity index (χ3v) is 4.68. The van der Waals surface area contributed by atoms with Crippen molar-refractivity contribution in [3.8, 4) is 0 Å². The molecule has 0 heterocycles. The van der Waals surface area contributed by atoms with Gasteiger partial charge in [0, 0.05) is 13.2 Å². The maximum atomic E-state index is 12.2. The quantitative estimate of drug-likeness (QED) is 0.660. The summed E-state index contributed by atoms with van der Waals surface area (Å²) in [7, 11) is 0. The van der Waals surface area contributed by atoms with Crippen molar-refractivity contribution < 1.29 is 19.8 Å². The highest BCUT2D eigenvalue weighted by Crippen LogP contribution is 2.31. The predicted molar refractivity (Wildman–Crippen MR) is 73.9 cm³/mol. The number of hydrogen-bond acceptors (Lipinski definition) is 3. The van der Waals surface area contributed by atoms with Gasteiger partial charge in [-0.2, -0.15) is 0 Å². The second kappa shape index (κ2) is 6.88. The molecule has 112 valence electrons. The van der Waals surface area contributed by atoms with Gasteiger partial charge in [-0.25, -0.2) is 0 Å². The Morgan fingerprint density at radius 2 is 1.75 bits per heavy atom. The molecule has 2 aliphatic rings. The predicted octanol–water partition coefficient (Wildman–Crippen LogP) is 1.18. The number of aliphatic carboxylic acids is 1. The molecule has 0 radical (unpaired) electrons. The number of carboxylic acid groups (broad SMARTS) is 1. The molecule has 5 heteroatoms. The number of amides is 1. The normalized spacial score (nSPS) is 33.0. The SMILES string of the molecule is O=C(O)[C@H]1CC=CC[C@H]1C(=O)NCC1CCCC1CO. The maximum Gasteiger partial charge on any atom is 0.307 e. The van der Waals surface area contributed by atoms with Crippen LogP contribution in [-0.2, 0) is 9.59 Å². The van der Waals surface area contributed by atoms with E-state index in [1.165, 1.54) is 0 Å². The van der Waals surface area contributed by atoms with Gasteiger partial charge in [-0.3, -0.25) is 9.59 Å². The fourth-order valence-corrected chi connectivity index (χ4v) is 3.36. The zero-order valence-corrected chi connectivity index (χ0v) is 11.6. The van der Waals surface area contributed by atoms with Crippen LogP contribution in [0, 0.1) is 23.7 Å². The summed E-state index contributed by atoms with van der Waals surface area (Å²) in [5, 5.41) is 21.3. The number of nitrogens with one attached hydrogen (secondary N) is 1. The van der Waals surface area contributed by atoms with Gasteiger partial charge in [0.25, 0.3) is 0 Å². The highest BCUT2D eigenvalue weighted by molar-refractivity contribution is 5.85. The van der Waals surface area contributed by atoms with E-state index < -0.39 is 17.8 Å². The van der Waals surface area contributed by atoms with E-state index in [0.29, 0.717) is 25.3 Å². The molecule has 2 rings (SSSR count). The number of aliphatic hydroxyl groups excluding tert-OH is 1. The second-order valence-corrected chi connectivity index (χ2v) is 5.87. The van der Waals surface area contributed by atoms with Gasteiger partial charge < -0.3 is 15.5 Å². The Morgan fingerprint density at radius 3 is 2.40 bits per heavy atom. The number of carboxylic acids is 1. The van der Waals surface area contributed by atoms with E-state index in [1.807, 2.05) is 12.2 Å². The highest BCUT2D eigenvalue weighted by atomic mass is 16.4. The van der Waals surface area contributed by atoms with Crippen LogP contribution < -0.4 is 5.32 Å². The molecule has 1 fully saturated rings. The van der Waals surface area contributed by atoms with Crippen molar-refractivity contribution in [2.45, 2.75) is 32.1 Å². The average Bonchev–Trinajstić information content (AvgIpc) is 2.92. The van der Waals surface area contributed by atoms with Gasteiger partial charge in [0.05, 0.1) is 11.8 Å². The standard InChI is InChI=1S/C15H23NO4/c17-9-11-5-3-4-10(11)8-16-14(18)12-6-1-2-7-13(12)15(19)20/h1-2,10-13,17H,3-9H2,(H,16,18)(H,19,20)/t10?,11?,12-,13+/m1/s1. The molecular formula is C15H23NO4. The second-order valence-electron chi connectivity index (χ2n) is 5.87. The highest BCUT2D eigenvalue weighted by Gasteiger charge is 2.34. The van der Waals surface area contributed by atoms with Crippen LogP contribution in [-0.4, -0.2) is 35.2 Å².